The minimum absolute atomic E-state index is 0.0102. The number of amides is 2. The Morgan fingerprint density at radius 3 is 2.41 bits per heavy atom. The topological polar surface area (TPSA) is 130 Å². The molecule has 2 aliphatic heterocycles. The minimum Gasteiger partial charge on any atom is -0.496 e. The summed E-state index contributed by atoms with van der Waals surface area (Å²) < 4.78 is 19.4. The van der Waals surface area contributed by atoms with E-state index in [1.807, 2.05) is 61.5 Å². The van der Waals surface area contributed by atoms with Crippen LogP contribution in [-0.2, 0) is 29.6 Å². The Labute approximate surface area is 332 Å². The first-order chi connectivity index (χ1) is 27.0. The van der Waals surface area contributed by atoms with Gasteiger partial charge in [0.25, 0.3) is 11.5 Å². The molecule has 2 aromatic carbocycles. The first kappa shape index (κ1) is 40.2. The molecule has 2 aliphatic rings. The zero-order valence-corrected chi connectivity index (χ0v) is 33.9. The van der Waals surface area contributed by atoms with Gasteiger partial charge in [-0.25, -0.2) is 4.98 Å². The lowest BCUT2D eigenvalue weighted by molar-refractivity contribution is -0.133. The van der Waals surface area contributed by atoms with Crippen molar-refractivity contribution >= 4 is 29.2 Å². The van der Waals surface area contributed by atoms with E-state index in [0.717, 1.165) is 71.0 Å². The van der Waals surface area contributed by atoms with Crippen LogP contribution < -0.4 is 19.8 Å². The van der Waals surface area contributed by atoms with E-state index in [1.165, 1.54) is 16.9 Å². The summed E-state index contributed by atoms with van der Waals surface area (Å²) in [5, 5.41) is 12.1. The van der Waals surface area contributed by atoms with Gasteiger partial charge in [-0.15, -0.1) is 11.3 Å². The van der Waals surface area contributed by atoms with Crippen LogP contribution in [0, 0.1) is 25.2 Å². The number of nitriles is 1. The highest BCUT2D eigenvalue weighted by Crippen LogP contribution is 2.38. The van der Waals surface area contributed by atoms with Gasteiger partial charge in [0, 0.05) is 81.6 Å². The Kier molecular flexibility index (Phi) is 12.9. The normalized spacial score (nSPS) is 15.9. The summed E-state index contributed by atoms with van der Waals surface area (Å²) in [4.78, 5) is 49.1. The molecule has 0 aliphatic carbocycles. The zero-order valence-electron chi connectivity index (χ0n) is 33.1. The molecule has 294 valence electrons. The van der Waals surface area contributed by atoms with Crippen molar-refractivity contribution in [3.63, 3.8) is 0 Å². The molecule has 6 rings (SSSR count). The highest BCUT2D eigenvalue weighted by Gasteiger charge is 2.30. The number of hydrogen-bond donors (Lipinski definition) is 0. The Morgan fingerprint density at radius 1 is 1.02 bits per heavy atom. The number of hydrogen-bond acceptors (Lipinski definition) is 10. The zero-order chi connectivity index (χ0) is 39.9. The van der Waals surface area contributed by atoms with E-state index >= 15 is 0 Å². The maximum absolute atomic E-state index is 13.3. The van der Waals surface area contributed by atoms with E-state index in [0.29, 0.717) is 56.2 Å². The number of thiazole rings is 1. The number of nitrogens with zero attached hydrogens (tertiary/aromatic N) is 6. The number of unbranched alkanes of at least 4 members (excludes halogenated alkanes) is 1. The third kappa shape index (κ3) is 8.82. The van der Waals surface area contributed by atoms with Gasteiger partial charge in [0.05, 0.1) is 32.4 Å². The molecule has 0 spiro atoms. The quantitative estimate of drug-likeness (QED) is 0.0900. The summed E-state index contributed by atoms with van der Waals surface area (Å²) >= 11 is 1.38. The van der Waals surface area contributed by atoms with Crippen LogP contribution in [-0.4, -0.2) is 89.6 Å². The summed E-state index contributed by atoms with van der Waals surface area (Å²) in [6, 6.07) is 11.9. The van der Waals surface area contributed by atoms with Gasteiger partial charge >= 0.3 is 0 Å². The molecule has 0 bridgehead atoms. The van der Waals surface area contributed by atoms with Crippen LogP contribution in [0.25, 0.3) is 17.2 Å². The molecule has 4 aromatic rings. The summed E-state index contributed by atoms with van der Waals surface area (Å²) in [5.41, 5.74) is 6.72. The van der Waals surface area contributed by atoms with Gasteiger partial charge in [-0.2, -0.15) is 5.26 Å². The number of rotatable bonds is 13. The molecule has 56 heavy (non-hydrogen) atoms. The monoisotopic (exact) mass is 778 g/mol. The largest absolute Gasteiger partial charge is 0.496 e. The van der Waals surface area contributed by atoms with Crippen molar-refractivity contribution in [3.05, 3.63) is 96.9 Å². The lowest BCUT2D eigenvalue weighted by Gasteiger charge is -2.35. The number of aryl methyl sites for hydroxylation is 1. The van der Waals surface area contributed by atoms with E-state index in [9.17, 15) is 19.6 Å². The van der Waals surface area contributed by atoms with Crippen molar-refractivity contribution in [2.45, 2.75) is 59.0 Å². The second kappa shape index (κ2) is 18.0. The first-order valence-electron chi connectivity index (χ1n) is 19.0. The van der Waals surface area contributed by atoms with Crippen LogP contribution in [0.2, 0.25) is 0 Å². The first-order valence-corrected chi connectivity index (χ1v) is 19.9. The average Bonchev–Trinajstić information content (AvgIpc) is 3.74. The Hall–Kier alpha value is -5.45. The average molecular weight is 779 g/mol. The molecule has 0 N–H and O–H groups in total. The van der Waals surface area contributed by atoms with Gasteiger partial charge in [-0.3, -0.25) is 19.3 Å². The number of benzene rings is 2. The maximum Gasteiger partial charge on any atom is 0.265 e. The predicted octanol–water partition coefficient (Wildman–Crippen LogP) is 6.09. The minimum atomic E-state index is -0.297. The number of carbonyl (C=O) groups excluding carboxylic acids is 2. The molecule has 2 aromatic heterocycles. The van der Waals surface area contributed by atoms with Gasteiger partial charge in [-0.05, 0) is 92.6 Å². The van der Waals surface area contributed by atoms with Crippen LogP contribution in [0.3, 0.4) is 0 Å². The van der Waals surface area contributed by atoms with Gasteiger partial charge in [-0.1, -0.05) is 6.07 Å². The van der Waals surface area contributed by atoms with E-state index in [4.69, 9.17) is 14.2 Å². The Morgan fingerprint density at radius 2 is 1.75 bits per heavy atom. The van der Waals surface area contributed by atoms with Gasteiger partial charge < -0.3 is 28.6 Å². The molecule has 4 heterocycles. The van der Waals surface area contributed by atoms with Crippen LogP contribution >= 0.6 is 11.3 Å². The highest BCUT2D eigenvalue weighted by molar-refractivity contribution is 7.10. The number of fused-ring (bicyclic) bond motifs is 1. The summed E-state index contributed by atoms with van der Waals surface area (Å²) in [5.74, 6) is 2.02. The number of piperazine rings is 1. The number of aromatic nitrogens is 2. The molecule has 2 amide bonds. The lowest BCUT2D eigenvalue weighted by atomic mass is 9.92. The van der Waals surface area contributed by atoms with Gasteiger partial charge in [0.15, 0.2) is 0 Å². The van der Waals surface area contributed by atoms with Crippen molar-refractivity contribution in [1.82, 2.24) is 24.3 Å². The van der Waals surface area contributed by atoms with Crippen molar-refractivity contribution in [2.24, 2.45) is 7.05 Å². The molecule has 1 atom stereocenters. The van der Waals surface area contributed by atoms with Crippen molar-refractivity contribution in [3.8, 4) is 34.4 Å². The fraction of sp³-hybridized carbons (Fsp3) is 0.419. The van der Waals surface area contributed by atoms with Crippen LogP contribution in [0.5, 0.6) is 17.2 Å². The molecular weight excluding hydrogens is 729 g/mol. The Bertz CT molecular complexity index is 2170. The molecule has 0 saturated carbocycles. The van der Waals surface area contributed by atoms with Crippen LogP contribution in [0.1, 0.15) is 65.1 Å². The summed E-state index contributed by atoms with van der Waals surface area (Å²) in [6.45, 7) is 10.2. The number of carbonyl (C=O) groups is 2. The second-order valence-electron chi connectivity index (χ2n) is 14.4. The van der Waals surface area contributed by atoms with E-state index < -0.39 is 0 Å². The lowest BCUT2D eigenvalue weighted by Crippen LogP contribution is -2.48. The molecule has 1 unspecified atom stereocenters. The molecule has 13 heteroatoms. The molecule has 12 nitrogen and oxygen atoms in total. The molecule has 1 fully saturated rings. The number of methoxy groups -OCH3 is 2. The third-order valence-corrected chi connectivity index (χ3v) is 11.7. The fourth-order valence-electron chi connectivity index (χ4n) is 7.55. The third-order valence-electron chi connectivity index (χ3n) is 11.0. The van der Waals surface area contributed by atoms with E-state index in [1.54, 1.807) is 43.0 Å². The smallest absolute Gasteiger partial charge is 0.265 e. The van der Waals surface area contributed by atoms with Crippen LogP contribution in [0.4, 0.5) is 0 Å². The summed E-state index contributed by atoms with van der Waals surface area (Å²) in [7, 11) is 5.08. The van der Waals surface area contributed by atoms with Crippen molar-refractivity contribution < 1.29 is 23.8 Å². The fourth-order valence-corrected chi connectivity index (χ4v) is 8.12. The molecular formula is C43H50N6O6S. The van der Waals surface area contributed by atoms with E-state index in [2.05, 4.69) is 22.0 Å². The van der Waals surface area contributed by atoms with Crippen LogP contribution in [0.15, 0.2) is 58.5 Å². The van der Waals surface area contributed by atoms with Crippen molar-refractivity contribution in [1.29, 1.82) is 5.26 Å². The number of pyridine rings is 1. The second-order valence-corrected chi connectivity index (χ2v) is 15.3. The van der Waals surface area contributed by atoms with Gasteiger partial charge in [0.2, 0.25) is 5.91 Å². The van der Waals surface area contributed by atoms with Crippen molar-refractivity contribution in [2.75, 3.05) is 53.6 Å². The van der Waals surface area contributed by atoms with Gasteiger partial charge in [0.1, 0.15) is 33.9 Å². The molecule has 1 saturated heterocycles. The number of ether oxygens (including phenoxy) is 3. The Balaban J connectivity index is 0.968. The maximum atomic E-state index is 13.3. The standard InChI is InChI=1S/C43H50N6O6S/c1-28-29(2)42(51)46(4)26-36(28)32-21-38(53-5)37(39(22-32)54-6)27-47-15-17-48(18-16-47)41(50)9-7-8-19-55-34-11-10-31-12-14-49(30(3)35(31)24-34)43(52)33(25-44)23-40-45-13-20-56-40/h10-11,13,20-24,26,30H,7-9,12,14-19,27H2,1-6H3. The SMILES string of the molecule is COc1cc(-c2cn(C)c(=O)c(C)c2C)cc(OC)c1CN1CCN(C(=O)CCCCOc2ccc3c(c2)C(C)N(C(=O)C(C#N)=Cc2nccs2)CC3)CC1. The van der Waals surface area contributed by atoms with E-state index in [-0.39, 0.29) is 29.0 Å². The molecule has 0 radical (unpaired) electrons. The summed E-state index contributed by atoms with van der Waals surface area (Å²) in [6.07, 6.45) is 7.69. The highest BCUT2D eigenvalue weighted by atomic mass is 32.1. The predicted molar refractivity (Wildman–Crippen MR) is 217 cm³/mol.